The minimum absolute atomic E-state index is 0.0508. The number of carboxylic acid groups (broad SMARTS) is 1. The normalized spacial score (nSPS) is 11.6. The van der Waals surface area contributed by atoms with Gasteiger partial charge in [-0.1, -0.05) is 75.7 Å². The Balaban J connectivity index is 1.63. The molecule has 0 saturated carbocycles. The topological polar surface area (TPSA) is 189 Å². The Labute approximate surface area is 270 Å². The molecular weight excluding hydrogens is 620 g/mol. The van der Waals surface area contributed by atoms with E-state index >= 15 is 0 Å². The summed E-state index contributed by atoms with van der Waals surface area (Å²) in [5, 5.41) is 31.5. The number of aliphatic carboxylic acids is 1. The Morgan fingerprint density at radius 2 is 1.74 bits per heavy atom. The first-order valence-electron chi connectivity index (χ1n) is 14.7. The number of carbonyl (C=O) groups is 3. The van der Waals surface area contributed by atoms with Gasteiger partial charge in [0.05, 0.1) is 0 Å². The van der Waals surface area contributed by atoms with Crippen molar-refractivity contribution in [2.24, 2.45) is 5.92 Å². The first-order valence-corrected chi connectivity index (χ1v) is 15.9. The van der Waals surface area contributed by atoms with Gasteiger partial charge in [0.25, 0.3) is 5.09 Å². The number of unbranched alkanes of at least 4 members (excludes halogenated alkanes) is 1. The summed E-state index contributed by atoms with van der Waals surface area (Å²) in [6.45, 7) is 5.43. The summed E-state index contributed by atoms with van der Waals surface area (Å²) in [4.78, 5) is 53.9. The molecule has 1 atom stereocenters. The van der Waals surface area contributed by atoms with E-state index in [0.717, 1.165) is 27.9 Å². The maximum atomic E-state index is 13.0. The van der Waals surface area contributed by atoms with Crippen LogP contribution in [-0.2, 0) is 37.2 Å². The van der Waals surface area contributed by atoms with Crippen LogP contribution in [0, 0.1) is 16.0 Å². The molecule has 0 radical (unpaired) electrons. The Morgan fingerprint density at radius 3 is 2.39 bits per heavy atom. The van der Waals surface area contributed by atoms with Crippen LogP contribution in [-0.4, -0.2) is 84.1 Å². The molecule has 0 unspecified atom stereocenters. The first-order chi connectivity index (χ1) is 22.1. The summed E-state index contributed by atoms with van der Waals surface area (Å²) in [6.07, 6.45) is 0.902. The number of aromatic nitrogens is 4. The van der Waals surface area contributed by atoms with Crippen LogP contribution in [0.4, 0.5) is 4.79 Å². The standard InChI is InChI=1S/C30H38N6O9S/c1-4-5-10-26(37)34(27(21(2)3)29(38)39)19-22-11-13-23(14-12-22)24-8-6-7-9-25(24)28-31-33-35(32-28)20-44-30(40)43-15-17-46-18-16-45-36(41)42/h6-9,11-14,21,27H,4-5,10,15-20H2,1-3H3,(H,38,39)/t27-/m1/s1. The Bertz CT molecular complexity index is 1450. The molecule has 46 heavy (non-hydrogen) atoms. The van der Waals surface area contributed by atoms with Crippen molar-refractivity contribution >= 4 is 29.8 Å². The van der Waals surface area contributed by atoms with Crippen molar-refractivity contribution in [1.82, 2.24) is 25.1 Å². The van der Waals surface area contributed by atoms with Gasteiger partial charge in [0, 0.05) is 30.0 Å². The van der Waals surface area contributed by atoms with Gasteiger partial charge in [-0.25, -0.2) is 9.59 Å². The predicted molar refractivity (Wildman–Crippen MR) is 168 cm³/mol. The second kappa shape index (κ2) is 18.3. The van der Waals surface area contributed by atoms with E-state index in [-0.39, 0.29) is 38.3 Å². The van der Waals surface area contributed by atoms with E-state index in [2.05, 4.69) is 20.2 Å². The number of hydrogen-bond acceptors (Lipinski definition) is 12. The van der Waals surface area contributed by atoms with Crippen LogP contribution in [0.5, 0.6) is 0 Å². The van der Waals surface area contributed by atoms with Gasteiger partial charge in [-0.2, -0.15) is 11.8 Å². The SMILES string of the molecule is CCCCC(=O)N(Cc1ccc(-c2ccccc2-c2nnn(COC(=O)OCCSCCO[N+](=O)[O-])n2)cc1)[C@@H](C(=O)O)C(C)C. The van der Waals surface area contributed by atoms with Gasteiger partial charge >= 0.3 is 12.1 Å². The summed E-state index contributed by atoms with van der Waals surface area (Å²) in [6, 6.07) is 14.0. The lowest BCUT2D eigenvalue weighted by atomic mass is 9.97. The molecule has 3 rings (SSSR count). The van der Waals surface area contributed by atoms with Crippen LogP contribution in [0.1, 0.15) is 45.6 Å². The fourth-order valence-corrected chi connectivity index (χ4v) is 5.12. The zero-order chi connectivity index (χ0) is 33.5. The van der Waals surface area contributed by atoms with Crippen molar-refractivity contribution in [2.75, 3.05) is 24.7 Å². The lowest BCUT2D eigenvalue weighted by molar-refractivity contribution is -0.756. The molecule has 3 aromatic rings. The molecular formula is C30H38N6O9S. The van der Waals surface area contributed by atoms with Crippen molar-refractivity contribution in [1.29, 1.82) is 0 Å². The third kappa shape index (κ3) is 11.0. The molecule has 1 heterocycles. The minimum atomic E-state index is -1.03. The minimum Gasteiger partial charge on any atom is -0.480 e. The number of ether oxygens (including phenoxy) is 2. The molecule has 1 aromatic heterocycles. The molecule has 0 aliphatic rings. The van der Waals surface area contributed by atoms with E-state index in [0.29, 0.717) is 35.7 Å². The summed E-state index contributed by atoms with van der Waals surface area (Å²) < 4.78 is 9.99. The second-order valence-electron chi connectivity index (χ2n) is 10.4. The van der Waals surface area contributed by atoms with Crippen LogP contribution >= 0.6 is 11.8 Å². The second-order valence-corrected chi connectivity index (χ2v) is 11.6. The van der Waals surface area contributed by atoms with Crippen LogP contribution in [0.25, 0.3) is 22.5 Å². The number of tetrazole rings is 1. The zero-order valence-corrected chi connectivity index (χ0v) is 26.8. The Morgan fingerprint density at radius 1 is 1.04 bits per heavy atom. The number of thioether (sulfide) groups is 1. The van der Waals surface area contributed by atoms with Crippen molar-refractivity contribution in [3.63, 3.8) is 0 Å². The lowest BCUT2D eigenvalue weighted by Gasteiger charge is -2.32. The van der Waals surface area contributed by atoms with Gasteiger partial charge < -0.3 is 24.3 Å². The van der Waals surface area contributed by atoms with Gasteiger partial charge in [0.1, 0.15) is 19.3 Å². The molecule has 1 amide bonds. The maximum Gasteiger partial charge on any atom is 0.510 e. The number of hydrogen-bond donors (Lipinski definition) is 1. The van der Waals surface area contributed by atoms with Gasteiger partial charge in [0.2, 0.25) is 18.5 Å². The van der Waals surface area contributed by atoms with Crippen LogP contribution in [0.3, 0.4) is 0 Å². The van der Waals surface area contributed by atoms with Gasteiger partial charge in [-0.15, -0.1) is 25.1 Å². The monoisotopic (exact) mass is 658 g/mol. The maximum absolute atomic E-state index is 13.0. The van der Waals surface area contributed by atoms with Crippen molar-refractivity contribution < 1.29 is 38.9 Å². The third-order valence-electron chi connectivity index (χ3n) is 6.69. The van der Waals surface area contributed by atoms with Crippen molar-refractivity contribution in [2.45, 2.75) is 59.4 Å². The summed E-state index contributed by atoms with van der Waals surface area (Å²) in [5.41, 5.74) is 3.15. The summed E-state index contributed by atoms with van der Waals surface area (Å²) in [7, 11) is 0. The highest BCUT2D eigenvalue weighted by molar-refractivity contribution is 7.99. The van der Waals surface area contributed by atoms with Crippen molar-refractivity contribution in [3.8, 4) is 22.5 Å². The highest BCUT2D eigenvalue weighted by Gasteiger charge is 2.32. The first kappa shape index (κ1) is 35.7. The Hall–Kier alpha value is -4.73. The number of carboxylic acids is 1. The quantitative estimate of drug-likeness (QED) is 0.0809. The highest BCUT2D eigenvalue weighted by Crippen LogP contribution is 2.30. The lowest BCUT2D eigenvalue weighted by Crippen LogP contribution is -2.47. The molecule has 248 valence electrons. The van der Waals surface area contributed by atoms with Gasteiger partial charge in [-0.3, -0.25) is 4.79 Å². The number of benzene rings is 2. The molecule has 1 N–H and O–H groups in total. The number of carbonyl (C=O) groups excluding carboxylic acids is 2. The largest absolute Gasteiger partial charge is 0.510 e. The molecule has 0 aliphatic carbocycles. The van der Waals surface area contributed by atoms with Crippen LogP contribution < -0.4 is 0 Å². The Kier molecular flexibility index (Phi) is 14.2. The molecule has 0 aliphatic heterocycles. The average Bonchev–Trinajstić information content (AvgIpc) is 3.50. The fourth-order valence-electron chi connectivity index (χ4n) is 4.52. The number of nitrogens with zero attached hydrogens (tertiary/aromatic N) is 6. The van der Waals surface area contributed by atoms with E-state index < -0.39 is 23.3 Å². The smallest absolute Gasteiger partial charge is 0.480 e. The average molecular weight is 659 g/mol. The van der Waals surface area contributed by atoms with Crippen LogP contribution in [0.15, 0.2) is 48.5 Å². The summed E-state index contributed by atoms with van der Waals surface area (Å²) >= 11 is 1.32. The fraction of sp³-hybridized carbons (Fsp3) is 0.467. The van der Waals surface area contributed by atoms with E-state index in [1.54, 1.807) is 13.8 Å². The zero-order valence-electron chi connectivity index (χ0n) is 25.9. The van der Waals surface area contributed by atoms with E-state index in [9.17, 15) is 29.6 Å². The predicted octanol–water partition coefficient (Wildman–Crippen LogP) is 4.69. The number of rotatable bonds is 19. The molecule has 0 fully saturated rings. The van der Waals surface area contributed by atoms with Gasteiger partial charge in [-0.05, 0) is 34.2 Å². The highest BCUT2D eigenvalue weighted by atomic mass is 32.2. The van der Waals surface area contributed by atoms with Gasteiger partial charge in [0.15, 0.2) is 0 Å². The van der Waals surface area contributed by atoms with E-state index in [4.69, 9.17) is 9.47 Å². The summed E-state index contributed by atoms with van der Waals surface area (Å²) in [5.74, 6) is -0.370. The molecule has 0 saturated heterocycles. The molecule has 0 spiro atoms. The van der Waals surface area contributed by atoms with Crippen molar-refractivity contribution in [3.05, 3.63) is 64.2 Å². The van der Waals surface area contributed by atoms with E-state index in [1.165, 1.54) is 16.7 Å². The van der Waals surface area contributed by atoms with E-state index in [1.807, 2.05) is 55.5 Å². The molecule has 0 bridgehead atoms. The third-order valence-corrected chi connectivity index (χ3v) is 7.60. The number of amides is 1. The van der Waals surface area contributed by atoms with Crippen LogP contribution in [0.2, 0.25) is 0 Å². The molecule has 15 nitrogen and oxygen atoms in total. The molecule has 2 aromatic carbocycles. The molecule has 16 heteroatoms.